The third-order valence-electron chi connectivity index (χ3n) is 2.59. The fourth-order valence-corrected chi connectivity index (χ4v) is 4.15. The minimum atomic E-state index is -3.56. The Morgan fingerprint density at radius 2 is 2.14 bits per heavy atom. The van der Waals surface area contributed by atoms with E-state index in [0.29, 0.717) is 5.56 Å². The van der Waals surface area contributed by atoms with Crippen LogP contribution >= 0.6 is 27.3 Å². The van der Waals surface area contributed by atoms with Gasteiger partial charge in [-0.2, -0.15) is 0 Å². The smallest absolute Gasteiger partial charge is 0.240 e. The fraction of sp³-hybridized carbons (Fsp3) is 0.143. The first-order valence-electron chi connectivity index (χ1n) is 6.03. The number of benzene rings is 1. The number of nitrogens with one attached hydrogen (secondary N) is 1. The molecule has 0 aliphatic rings. The zero-order valence-electron chi connectivity index (χ0n) is 11.0. The standard InChI is InChI=1S/C14H13BrN2O2S2/c15-13-6-8-20-14(13)10-17-21(18,19)12-5-1-3-11(9-12)4-2-7-16/h1,3,5-6,8-9,17H,7,10,16H2. The van der Waals surface area contributed by atoms with Crippen molar-refractivity contribution in [3.63, 3.8) is 0 Å². The third kappa shape index (κ3) is 4.40. The van der Waals surface area contributed by atoms with Crippen molar-refractivity contribution in [1.29, 1.82) is 0 Å². The summed E-state index contributed by atoms with van der Waals surface area (Å²) in [5.74, 6) is 5.53. The summed E-state index contributed by atoms with van der Waals surface area (Å²) in [5.41, 5.74) is 5.93. The Labute approximate surface area is 136 Å². The largest absolute Gasteiger partial charge is 0.320 e. The summed E-state index contributed by atoms with van der Waals surface area (Å²) in [6.07, 6.45) is 0. The van der Waals surface area contributed by atoms with Gasteiger partial charge in [-0.05, 0) is 45.6 Å². The van der Waals surface area contributed by atoms with Gasteiger partial charge in [-0.3, -0.25) is 0 Å². The van der Waals surface area contributed by atoms with Crippen molar-refractivity contribution in [3.8, 4) is 11.8 Å². The van der Waals surface area contributed by atoms with E-state index in [1.54, 1.807) is 18.2 Å². The third-order valence-corrected chi connectivity index (χ3v) is 5.92. The molecular weight excluding hydrogens is 372 g/mol. The summed E-state index contributed by atoms with van der Waals surface area (Å²) in [5, 5.41) is 1.90. The van der Waals surface area contributed by atoms with Crippen molar-refractivity contribution in [1.82, 2.24) is 4.72 Å². The lowest BCUT2D eigenvalue weighted by Gasteiger charge is -2.06. The van der Waals surface area contributed by atoms with Crippen molar-refractivity contribution >= 4 is 37.3 Å². The zero-order valence-corrected chi connectivity index (χ0v) is 14.2. The van der Waals surface area contributed by atoms with E-state index in [4.69, 9.17) is 5.73 Å². The van der Waals surface area contributed by atoms with E-state index < -0.39 is 10.0 Å². The molecule has 21 heavy (non-hydrogen) atoms. The second kappa shape index (κ2) is 7.20. The first kappa shape index (κ1) is 16.2. The molecule has 0 aliphatic heterocycles. The maximum absolute atomic E-state index is 12.3. The fourth-order valence-electron chi connectivity index (χ4n) is 1.59. The average molecular weight is 385 g/mol. The summed E-state index contributed by atoms with van der Waals surface area (Å²) in [6, 6.07) is 8.37. The first-order valence-corrected chi connectivity index (χ1v) is 9.19. The van der Waals surface area contributed by atoms with Crippen LogP contribution in [0.2, 0.25) is 0 Å². The van der Waals surface area contributed by atoms with Gasteiger partial charge < -0.3 is 5.73 Å². The Balaban J connectivity index is 2.17. The highest BCUT2D eigenvalue weighted by Crippen LogP contribution is 2.23. The van der Waals surface area contributed by atoms with E-state index in [9.17, 15) is 8.42 Å². The van der Waals surface area contributed by atoms with Gasteiger partial charge in [-0.25, -0.2) is 13.1 Å². The highest BCUT2D eigenvalue weighted by Gasteiger charge is 2.15. The van der Waals surface area contributed by atoms with Gasteiger partial charge in [0.25, 0.3) is 0 Å². The van der Waals surface area contributed by atoms with Crippen molar-refractivity contribution in [2.75, 3.05) is 6.54 Å². The molecule has 7 heteroatoms. The van der Waals surface area contributed by atoms with Crippen LogP contribution in [0.3, 0.4) is 0 Å². The number of hydrogen-bond donors (Lipinski definition) is 2. The number of nitrogens with two attached hydrogens (primary N) is 1. The van der Waals surface area contributed by atoms with Crippen molar-refractivity contribution in [3.05, 3.63) is 50.6 Å². The van der Waals surface area contributed by atoms with Gasteiger partial charge >= 0.3 is 0 Å². The highest BCUT2D eigenvalue weighted by atomic mass is 79.9. The molecular formula is C14H13BrN2O2S2. The molecule has 0 aliphatic carbocycles. The summed E-state index contributed by atoms with van der Waals surface area (Å²) in [7, 11) is -3.56. The number of hydrogen-bond acceptors (Lipinski definition) is 4. The average Bonchev–Trinajstić information content (AvgIpc) is 2.89. The van der Waals surface area contributed by atoms with Crippen LogP contribution in [0.1, 0.15) is 10.4 Å². The Morgan fingerprint density at radius 1 is 1.33 bits per heavy atom. The molecule has 1 aromatic carbocycles. The van der Waals surface area contributed by atoms with Crippen LogP contribution in [0.25, 0.3) is 0 Å². The second-order valence-corrected chi connectivity index (χ2v) is 7.67. The summed E-state index contributed by atoms with van der Waals surface area (Å²) in [6.45, 7) is 0.487. The van der Waals surface area contributed by atoms with E-state index in [2.05, 4.69) is 32.5 Å². The second-order valence-electron chi connectivity index (χ2n) is 4.05. The molecule has 2 aromatic rings. The molecule has 0 spiro atoms. The summed E-state index contributed by atoms with van der Waals surface area (Å²) < 4.78 is 28.0. The van der Waals surface area contributed by atoms with Gasteiger partial charge in [0.1, 0.15) is 0 Å². The Morgan fingerprint density at radius 3 is 2.81 bits per heavy atom. The lowest BCUT2D eigenvalue weighted by Crippen LogP contribution is -2.23. The van der Waals surface area contributed by atoms with Gasteiger partial charge in [-0.15, -0.1) is 11.3 Å². The summed E-state index contributed by atoms with van der Waals surface area (Å²) >= 11 is 4.87. The normalized spacial score (nSPS) is 11.0. The van der Waals surface area contributed by atoms with Gasteiger partial charge in [0.15, 0.2) is 0 Å². The number of thiophene rings is 1. The molecule has 2 rings (SSSR count). The molecule has 0 fully saturated rings. The van der Waals surface area contributed by atoms with Gasteiger partial charge in [-0.1, -0.05) is 17.9 Å². The maximum atomic E-state index is 12.3. The highest BCUT2D eigenvalue weighted by molar-refractivity contribution is 9.10. The molecule has 110 valence electrons. The molecule has 3 N–H and O–H groups in total. The van der Waals surface area contributed by atoms with Crippen molar-refractivity contribution < 1.29 is 8.42 Å². The Bertz CT molecular complexity index is 789. The predicted octanol–water partition coefficient (Wildman–Crippen LogP) is 2.30. The SMILES string of the molecule is NCC#Cc1cccc(S(=O)(=O)NCc2sccc2Br)c1. The van der Waals surface area contributed by atoms with E-state index in [1.165, 1.54) is 17.4 Å². The molecule has 0 saturated carbocycles. The monoisotopic (exact) mass is 384 g/mol. The van der Waals surface area contributed by atoms with Crippen molar-refractivity contribution in [2.45, 2.75) is 11.4 Å². The van der Waals surface area contributed by atoms with Crippen LogP contribution in [0.15, 0.2) is 45.1 Å². The van der Waals surface area contributed by atoms with Crippen molar-refractivity contribution in [2.24, 2.45) is 5.73 Å². The van der Waals surface area contributed by atoms with Crippen LogP contribution in [-0.4, -0.2) is 15.0 Å². The Kier molecular flexibility index (Phi) is 5.56. The molecule has 0 bridgehead atoms. The number of sulfonamides is 1. The molecule has 4 nitrogen and oxygen atoms in total. The molecule has 0 atom stereocenters. The number of halogens is 1. The van der Waals surface area contributed by atoms with E-state index in [1.807, 2.05) is 11.4 Å². The van der Waals surface area contributed by atoms with E-state index in [-0.39, 0.29) is 18.0 Å². The zero-order chi connectivity index (χ0) is 15.3. The van der Waals surface area contributed by atoms with Crippen LogP contribution in [0.5, 0.6) is 0 Å². The van der Waals surface area contributed by atoms with Gasteiger partial charge in [0.2, 0.25) is 10.0 Å². The van der Waals surface area contributed by atoms with Crippen LogP contribution in [0, 0.1) is 11.8 Å². The maximum Gasteiger partial charge on any atom is 0.240 e. The molecule has 1 heterocycles. The van der Waals surface area contributed by atoms with E-state index in [0.717, 1.165) is 9.35 Å². The quantitative estimate of drug-likeness (QED) is 0.794. The topological polar surface area (TPSA) is 72.2 Å². The van der Waals surface area contributed by atoms with Gasteiger partial charge in [0, 0.05) is 21.5 Å². The minimum Gasteiger partial charge on any atom is -0.320 e. The van der Waals surface area contributed by atoms with E-state index >= 15 is 0 Å². The lowest BCUT2D eigenvalue weighted by atomic mass is 10.2. The predicted molar refractivity (Wildman–Crippen MR) is 88.4 cm³/mol. The molecule has 0 unspecified atom stereocenters. The summed E-state index contributed by atoms with van der Waals surface area (Å²) in [4.78, 5) is 1.12. The van der Waals surface area contributed by atoms with Crippen LogP contribution < -0.4 is 10.5 Å². The molecule has 0 saturated heterocycles. The Hall–Kier alpha value is -1.17. The molecule has 0 radical (unpaired) electrons. The number of rotatable bonds is 4. The van der Waals surface area contributed by atoms with Crippen LogP contribution in [-0.2, 0) is 16.6 Å². The first-order chi connectivity index (χ1) is 10.0. The van der Waals surface area contributed by atoms with Crippen LogP contribution in [0.4, 0.5) is 0 Å². The molecule has 1 aromatic heterocycles. The molecule has 0 amide bonds. The minimum absolute atomic E-state index is 0.194. The van der Waals surface area contributed by atoms with Gasteiger partial charge in [0.05, 0.1) is 11.4 Å². The lowest BCUT2D eigenvalue weighted by molar-refractivity contribution is 0.581.